The second kappa shape index (κ2) is 8.65. The van der Waals surface area contributed by atoms with E-state index in [0.29, 0.717) is 25.9 Å². The maximum atomic E-state index is 13.3. The topological polar surface area (TPSA) is 50.3 Å². The average molecular weight is 465 g/mol. The Labute approximate surface area is 185 Å². The van der Waals surface area contributed by atoms with E-state index in [1.54, 1.807) is 11.3 Å². The number of aryl methyl sites for hydroxylation is 1. The highest BCUT2D eigenvalue weighted by molar-refractivity contribution is 7.92. The summed E-state index contributed by atoms with van der Waals surface area (Å²) in [5.74, 6) is -0.543. The van der Waals surface area contributed by atoms with E-state index in [0.717, 1.165) is 29.4 Å². The first-order chi connectivity index (χ1) is 14.3. The van der Waals surface area contributed by atoms with Gasteiger partial charge in [0.05, 0.1) is 20.9 Å². The summed E-state index contributed by atoms with van der Waals surface area (Å²) >= 11 is 7.59. The average Bonchev–Trinajstić information content (AvgIpc) is 3.16. The summed E-state index contributed by atoms with van der Waals surface area (Å²) in [4.78, 5) is 6.91. The van der Waals surface area contributed by atoms with Gasteiger partial charge < -0.3 is 4.90 Å². The Kier molecular flexibility index (Phi) is 6.14. The van der Waals surface area contributed by atoms with Gasteiger partial charge in [-0.05, 0) is 43.5 Å². The van der Waals surface area contributed by atoms with Gasteiger partial charge in [-0.3, -0.25) is 0 Å². The lowest BCUT2D eigenvalue weighted by Crippen LogP contribution is -2.39. The molecule has 3 aromatic rings. The summed E-state index contributed by atoms with van der Waals surface area (Å²) in [7, 11) is -3.60. The van der Waals surface area contributed by atoms with Gasteiger partial charge in [0.15, 0.2) is 15.0 Å². The van der Waals surface area contributed by atoms with Gasteiger partial charge in [0.2, 0.25) is 0 Å². The van der Waals surface area contributed by atoms with Gasteiger partial charge in [0, 0.05) is 24.9 Å². The zero-order valence-electron chi connectivity index (χ0n) is 16.5. The number of nitrogens with zero attached hydrogens (tertiary/aromatic N) is 2. The number of piperidine rings is 1. The molecular formula is C22H22ClFN2O2S2. The van der Waals surface area contributed by atoms with E-state index >= 15 is 0 Å². The molecule has 1 aliphatic heterocycles. The highest BCUT2D eigenvalue weighted by atomic mass is 35.5. The second-order valence-corrected chi connectivity index (χ2v) is 11.0. The predicted octanol–water partition coefficient (Wildman–Crippen LogP) is 5.28. The van der Waals surface area contributed by atoms with Crippen LogP contribution >= 0.6 is 22.9 Å². The molecular weight excluding hydrogens is 443 g/mol. The highest BCUT2D eigenvalue weighted by Crippen LogP contribution is 2.32. The van der Waals surface area contributed by atoms with Gasteiger partial charge in [-0.2, -0.15) is 0 Å². The molecule has 1 aromatic heterocycles. The van der Waals surface area contributed by atoms with E-state index in [9.17, 15) is 12.8 Å². The fraction of sp³-hybridized carbons (Fsp3) is 0.318. The number of halogens is 2. The van der Waals surface area contributed by atoms with Crippen LogP contribution in [0.5, 0.6) is 0 Å². The van der Waals surface area contributed by atoms with Gasteiger partial charge >= 0.3 is 0 Å². The first-order valence-corrected chi connectivity index (χ1v) is 12.6. The van der Waals surface area contributed by atoms with E-state index in [1.807, 2.05) is 0 Å². The Balaban J connectivity index is 1.42. The van der Waals surface area contributed by atoms with Crippen LogP contribution in [0.15, 0.2) is 52.7 Å². The standard InChI is InChI=1S/C22H22ClFN2O2S2/c1-15-3-2-4-16(11-15)12-18-14-29-22(25-18)26-9-7-19(8-10-26)30(27,28)21-6-5-17(24)13-20(21)23/h2-6,11,13-14,19H,7-10,12H2,1H3. The summed E-state index contributed by atoms with van der Waals surface area (Å²) in [6.07, 6.45) is 1.76. The van der Waals surface area contributed by atoms with Crippen molar-refractivity contribution in [1.29, 1.82) is 0 Å². The molecule has 0 spiro atoms. The molecule has 1 saturated heterocycles. The smallest absolute Gasteiger partial charge is 0.185 e. The van der Waals surface area contributed by atoms with Crippen LogP contribution in [0.1, 0.15) is 29.7 Å². The first-order valence-electron chi connectivity index (χ1n) is 9.77. The lowest BCUT2D eigenvalue weighted by molar-refractivity contribution is 0.529. The van der Waals surface area contributed by atoms with Crippen LogP contribution in [-0.2, 0) is 16.3 Å². The van der Waals surface area contributed by atoms with Gasteiger partial charge in [0.1, 0.15) is 5.82 Å². The fourth-order valence-corrected chi connectivity index (χ4v) is 6.94. The van der Waals surface area contributed by atoms with Gasteiger partial charge in [-0.25, -0.2) is 17.8 Å². The molecule has 0 saturated carbocycles. The summed E-state index contributed by atoms with van der Waals surface area (Å²) in [5.41, 5.74) is 3.48. The number of benzene rings is 2. The number of sulfone groups is 1. The number of aromatic nitrogens is 1. The molecule has 0 amide bonds. The molecule has 8 heteroatoms. The first kappa shape index (κ1) is 21.3. The van der Waals surface area contributed by atoms with Crippen molar-refractivity contribution in [2.24, 2.45) is 0 Å². The molecule has 4 nitrogen and oxygen atoms in total. The van der Waals surface area contributed by atoms with Crippen LogP contribution in [-0.4, -0.2) is 31.7 Å². The van der Waals surface area contributed by atoms with Gasteiger partial charge in [-0.1, -0.05) is 41.4 Å². The normalized spacial score (nSPS) is 15.5. The van der Waals surface area contributed by atoms with E-state index < -0.39 is 20.9 Å². The Hall–Kier alpha value is -1.96. The third-order valence-corrected chi connectivity index (χ3v) is 9.05. The quantitative estimate of drug-likeness (QED) is 0.482. The predicted molar refractivity (Wildman–Crippen MR) is 120 cm³/mol. The third-order valence-electron chi connectivity index (χ3n) is 5.36. The number of hydrogen-bond acceptors (Lipinski definition) is 5. The molecule has 158 valence electrons. The molecule has 0 radical (unpaired) electrons. The van der Waals surface area contributed by atoms with Crippen molar-refractivity contribution in [3.63, 3.8) is 0 Å². The van der Waals surface area contributed by atoms with Crippen molar-refractivity contribution in [3.05, 3.63) is 75.5 Å². The Morgan fingerprint density at radius 1 is 1.20 bits per heavy atom. The molecule has 0 N–H and O–H groups in total. The third kappa shape index (κ3) is 4.53. The van der Waals surface area contributed by atoms with Crippen molar-refractivity contribution in [3.8, 4) is 0 Å². The zero-order valence-corrected chi connectivity index (χ0v) is 18.9. The summed E-state index contributed by atoms with van der Waals surface area (Å²) < 4.78 is 39.2. The molecule has 0 unspecified atom stereocenters. The fourth-order valence-electron chi connectivity index (χ4n) is 3.80. The lowest BCUT2D eigenvalue weighted by Gasteiger charge is -2.31. The van der Waals surface area contributed by atoms with E-state index in [1.165, 1.54) is 17.2 Å². The van der Waals surface area contributed by atoms with Crippen molar-refractivity contribution < 1.29 is 12.8 Å². The van der Waals surface area contributed by atoms with Crippen LogP contribution in [0.25, 0.3) is 0 Å². The molecule has 0 aliphatic carbocycles. The summed E-state index contributed by atoms with van der Waals surface area (Å²) in [6, 6.07) is 11.8. The van der Waals surface area contributed by atoms with Crippen LogP contribution in [0, 0.1) is 12.7 Å². The molecule has 2 aromatic carbocycles. The molecule has 0 atom stereocenters. The van der Waals surface area contributed by atoms with Crippen molar-refractivity contribution in [1.82, 2.24) is 4.98 Å². The van der Waals surface area contributed by atoms with Crippen molar-refractivity contribution >= 4 is 37.9 Å². The minimum Gasteiger partial charge on any atom is -0.348 e. The highest BCUT2D eigenvalue weighted by Gasteiger charge is 2.33. The minimum absolute atomic E-state index is 0.0127. The Morgan fingerprint density at radius 3 is 2.67 bits per heavy atom. The molecule has 4 rings (SSSR count). The van der Waals surface area contributed by atoms with Crippen LogP contribution < -0.4 is 4.90 Å². The second-order valence-electron chi connectivity index (χ2n) is 7.59. The number of thiazole rings is 1. The molecule has 0 bridgehead atoms. The number of anilines is 1. The van der Waals surface area contributed by atoms with E-state index in [4.69, 9.17) is 16.6 Å². The van der Waals surface area contributed by atoms with Crippen molar-refractivity contribution in [2.45, 2.75) is 36.3 Å². The van der Waals surface area contributed by atoms with Crippen molar-refractivity contribution in [2.75, 3.05) is 18.0 Å². The molecule has 30 heavy (non-hydrogen) atoms. The maximum absolute atomic E-state index is 13.3. The van der Waals surface area contributed by atoms with Crippen LogP contribution in [0.4, 0.5) is 9.52 Å². The SMILES string of the molecule is Cc1cccc(Cc2csc(N3CCC(S(=O)(=O)c4ccc(F)cc4Cl)CC3)n2)c1. The lowest BCUT2D eigenvalue weighted by atomic mass is 10.1. The number of hydrogen-bond donors (Lipinski definition) is 0. The summed E-state index contributed by atoms with van der Waals surface area (Å²) in [6.45, 7) is 3.30. The van der Waals surface area contributed by atoms with E-state index in [2.05, 4.69) is 41.5 Å². The van der Waals surface area contributed by atoms with Crippen LogP contribution in [0.2, 0.25) is 5.02 Å². The molecule has 1 fully saturated rings. The molecule has 1 aliphatic rings. The Bertz CT molecular complexity index is 1160. The van der Waals surface area contributed by atoms with Crippen LogP contribution in [0.3, 0.4) is 0 Å². The van der Waals surface area contributed by atoms with Gasteiger partial charge in [-0.15, -0.1) is 11.3 Å². The van der Waals surface area contributed by atoms with Gasteiger partial charge in [0.25, 0.3) is 0 Å². The monoisotopic (exact) mass is 464 g/mol. The maximum Gasteiger partial charge on any atom is 0.185 e. The zero-order chi connectivity index (χ0) is 21.3. The van der Waals surface area contributed by atoms with E-state index in [-0.39, 0.29) is 9.92 Å². The summed E-state index contributed by atoms with van der Waals surface area (Å²) in [5, 5.41) is 2.41. The minimum atomic E-state index is -3.60. The largest absolute Gasteiger partial charge is 0.348 e. The Morgan fingerprint density at radius 2 is 1.97 bits per heavy atom. The number of rotatable bonds is 5. The molecule has 2 heterocycles.